The first kappa shape index (κ1) is 17.5. The second kappa shape index (κ2) is 8.67. The first-order chi connectivity index (χ1) is 11.6. The molecule has 1 amide bonds. The van der Waals surface area contributed by atoms with E-state index in [9.17, 15) is 9.59 Å². The molecular formula is C20H21NO3. The minimum absolute atomic E-state index is 0.208. The summed E-state index contributed by atoms with van der Waals surface area (Å²) in [7, 11) is 0. The maximum Gasteiger partial charge on any atom is 0.363 e. The number of carbonyl (C=O) groups excluding carboxylic acids is 2. The number of hydrogen-bond donors (Lipinski definition) is 0. The molecule has 1 atom stereocenters. The van der Waals surface area contributed by atoms with Crippen LogP contribution < -0.4 is 0 Å². The highest BCUT2D eigenvalue weighted by Crippen LogP contribution is 2.14. The molecule has 0 fully saturated rings. The highest BCUT2D eigenvalue weighted by atomic mass is 16.7. The maximum atomic E-state index is 12.6. The van der Waals surface area contributed by atoms with Gasteiger partial charge in [-0.3, -0.25) is 4.79 Å². The molecule has 2 aromatic rings. The molecule has 0 N–H and O–H groups in total. The van der Waals surface area contributed by atoms with E-state index in [4.69, 9.17) is 4.84 Å². The molecule has 0 aliphatic heterocycles. The monoisotopic (exact) mass is 323 g/mol. The van der Waals surface area contributed by atoms with Crippen LogP contribution >= 0.6 is 0 Å². The van der Waals surface area contributed by atoms with E-state index in [1.165, 1.54) is 0 Å². The molecule has 0 radical (unpaired) electrons. The molecule has 124 valence electrons. The fourth-order valence-electron chi connectivity index (χ4n) is 2.23. The lowest BCUT2D eigenvalue weighted by atomic mass is 10.1. The zero-order valence-electron chi connectivity index (χ0n) is 13.7. The largest absolute Gasteiger partial charge is 0.363 e. The molecule has 0 aromatic heterocycles. The van der Waals surface area contributed by atoms with Crippen LogP contribution in [0.4, 0.5) is 0 Å². The molecule has 0 bridgehead atoms. The van der Waals surface area contributed by atoms with Gasteiger partial charge in [-0.15, -0.1) is 6.58 Å². The van der Waals surface area contributed by atoms with Crippen LogP contribution in [0.15, 0.2) is 73.3 Å². The van der Waals surface area contributed by atoms with E-state index in [1.54, 1.807) is 37.3 Å². The van der Waals surface area contributed by atoms with Crippen molar-refractivity contribution in [1.82, 2.24) is 5.06 Å². The summed E-state index contributed by atoms with van der Waals surface area (Å²) in [5.74, 6) is -1.11. The third-order valence-corrected chi connectivity index (χ3v) is 3.56. The van der Waals surface area contributed by atoms with E-state index in [0.29, 0.717) is 12.0 Å². The molecule has 2 aromatic carbocycles. The molecular weight excluding hydrogens is 302 g/mol. The number of carbonyl (C=O) groups is 2. The van der Waals surface area contributed by atoms with Crippen LogP contribution in [0.2, 0.25) is 0 Å². The standard InChI is InChI=1S/C20H21NO3/c1-3-10-16(2)19(22)21(15-17-11-6-4-7-12-17)24-20(23)18-13-8-5-9-14-18/h3-9,11-14,16H,1,10,15H2,2H3. The van der Waals surface area contributed by atoms with Gasteiger partial charge in [-0.1, -0.05) is 61.5 Å². The molecule has 0 spiro atoms. The van der Waals surface area contributed by atoms with Crippen molar-refractivity contribution in [2.24, 2.45) is 5.92 Å². The Hall–Kier alpha value is -2.88. The number of amides is 1. The molecule has 4 heteroatoms. The molecule has 0 aliphatic carbocycles. The lowest BCUT2D eigenvalue weighted by molar-refractivity contribution is -0.174. The number of benzene rings is 2. The quantitative estimate of drug-likeness (QED) is 0.596. The number of allylic oxidation sites excluding steroid dienone is 1. The lowest BCUT2D eigenvalue weighted by Crippen LogP contribution is -2.36. The fourth-order valence-corrected chi connectivity index (χ4v) is 2.23. The van der Waals surface area contributed by atoms with Gasteiger partial charge in [0, 0.05) is 5.92 Å². The molecule has 0 aliphatic rings. The number of nitrogens with zero attached hydrogens (tertiary/aromatic N) is 1. The van der Waals surface area contributed by atoms with Gasteiger partial charge in [-0.25, -0.2) is 4.79 Å². The van der Waals surface area contributed by atoms with Crippen molar-refractivity contribution in [3.05, 3.63) is 84.4 Å². The Kier molecular flexibility index (Phi) is 6.32. The highest BCUT2D eigenvalue weighted by molar-refractivity contribution is 5.90. The molecule has 0 saturated heterocycles. The summed E-state index contributed by atoms with van der Waals surface area (Å²) in [4.78, 5) is 30.3. The molecule has 4 nitrogen and oxygen atoms in total. The zero-order valence-corrected chi connectivity index (χ0v) is 13.7. The van der Waals surface area contributed by atoms with Gasteiger partial charge in [0.25, 0.3) is 5.91 Å². The maximum absolute atomic E-state index is 12.6. The highest BCUT2D eigenvalue weighted by Gasteiger charge is 2.24. The van der Waals surface area contributed by atoms with Gasteiger partial charge in [0.15, 0.2) is 0 Å². The topological polar surface area (TPSA) is 46.6 Å². The van der Waals surface area contributed by atoms with Crippen molar-refractivity contribution in [3.63, 3.8) is 0 Å². The first-order valence-corrected chi connectivity index (χ1v) is 7.85. The number of hydrogen-bond acceptors (Lipinski definition) is 3. The van der Waals surface area contributed by atoms with Crippen LogP contribution in [-0.4, -0.2) is 16.9 Å². The Morgan fingerprint density at radius 3 is 2.25 bits per heavy atom. The average molecular weight is 323 g/mol. The van der Waals surface area contributed by atoms with E-state index < -0.39 is 5.97 Å². The van der Waals surface area contributed by atoms with Crippen LogP contribution in [-0.2, 0) is 16.2 Å². The Balaban J connectivity index is 2.17. The van der Waals surface area contributed by atoms with Crippen LogP contribution in [0, 0.1) is 5.92 Å². The second-order valence-corrected chi connectivity index (χ2v) is 5.53. The summed E-state index contributed by atoms with van der Waals surface area (Å²) in [6.45, 7) is 5.65. The van der Waals surface area contributed by atoms with Gasteiger partial charge in [-0.2, -0.15) is 5.06 Å². The SMILES string of the molecule is C=CCC(C)C(=O)N(Cc1ccccc1)OC(=O)c1ccccc1. The number of rotatable bonds is 6. The van der Waals surface area contributed by atoms with E-state index in [2.05, 4.69) is 6.58 Å². The summed E-state index contributed by atoms with van der Waals surface area (Å²) in [6, 6.07) is 18.0. The van der Waals surface area contributed by atoms with Crippen molar-refractivity contribution in [2.45, 2.75) is 19.9 Å². The Labute approximate surface area is 142 Å². The molecule has 24 heavy (non-hydrogen) atoms. The summed E-state index contributed by atoms with van der Waals surface area (Å²) in [5.41, 5.74) is 1.29. The van der Waals surface area contributed by atoms with Crippen molar-refractivity contribution in [1.29, 1.82) is 0 Å². The van der Waals surface area contributed by atoms with Gasteiger partial charge in [-0.05, 0) is 24.1 Å². The zero-order chi connectivity index (χ0) is 17.4. The van der Waals surface area contributed by atoms with Crippen molar-refractivity contribution >= 4 is 11.9 Å². The van der Waals surface area contributed by atoms with Gasteiger partial charge in [0.1, 0.15) is 0 Å². The van der Waals surface area contributed by atoms with E-state index in [0.717, 1.165) is 10.6 Å². The van der Waals surface area contributed by atoms with Crippen LogP contribution in [0.1, 0.15) is 29.3 Å². The fraction of sp³-hybridized carbons (Fsp3) is 0.200. The molecule has 0 heterocycles. The molecule has 2 rings (SSSR count). The van der Waals surface area contributed by atoms with Crippen molar-refractivity contribution in [3.8, 4) is 0 Å². The van der Waals surface area contributed by atoms with Gasteiger partial charge in [0.05, 0.1) is 12.1 Å². The first-order valence-electron chi connectivity index (χ1n) is 7.85. The van der Waals surface area contributed by atoms with Gasteiger partial charge in [0.2, 0.25) is 0 Å². The summed E-state index contributed by atoms with van der Waals surface area (Å²) < 4.78 is 0. The Bertz CT molecular complexity index is 683. The van der Waals surface area contributed by atoms with Crippen LogP contribution in [0.25, 0.3) is 0 Å². The van der Waals surface area contributed by atoms with Crippen LogP contribution in [0.5, 0.6) is 0 Å². The Morgan fingerprint density at radius 1 is 1.08 bits per heavy atom. The van der Waals surface area contributed by atoms with E-state index >= 15 is 0 Å². The van der Waals surface area contributed by atoms with Crippen molar-refractivity contribution < 1.29 is 14.4 Å². The summed E-state index contributed by atoms with van der Waals surface area (Å²) in [5, 5.41) is 1.14. The second-order valence-electron chi connectivity index (χ2n) is 5.53. The minimum atomic E-state index is -0.550. The third-order valence-electron chi connectivity index (χ3n) is 3.56. The van der Waals surface area contributed by atoms with Gasteiger partial charge < -0.3 is 4.84 Å². The van der Waals surface area contributed by atoms with E-state index in [1.807, 2.05) is 36.4 Å². The lowest BCUT2D eigenvalue weighted by Gasteiger charge is -2.24. The normalized spacial score (nSPS) is 11.4. The summed E-state index contributed by atoms with van der Waals surface area (Å²) >= 11 is 0. The average Bonchev–Trinajstić information content (AvgIpc) is 2.62. The van der Waals surface area contributed by atoms with Gasteiger partial charge >= 0.3 is 5.97 Å². The Morgan fingerprint density at radius 2 is 1.67 bits per heavy atom. The number of hydroxylamine groups is 2. The molecule has 0 saturated carbocycles. The molecule has 1 unspecified atom stereocenters. The predicted molar refractivity (Wildman–Crippen MR) is 92.8 cm³/mol. The minimum Gasteiger partial charge on any atom is -0.332 e. The van der Waals surface area contributed by atoms with E-state index in [-0.39, 0.29) is 18.4 Å². The summed E-state index contributed by atoms with van der Waals surface area (Å²) in [6.07, 6.45) is 2.20. The third kappa shape index (κ3) is 4.81. The van der Waals surface area contributed by atoms with Crippen molar-refractivity contribution in [2.75, 3.05) is 0 Å². The predicted octanol–water partition coefficient (Wildman–Crippen LogP) is 4.00. The van der Waals surface area contributed by atoms with Crippen LogP contribution in [0.3, 0.4) is 0 Å². The smallest absolute Gasteiger partial charge is 0.332 e.